The molecule has 0 aliphatic heterocycles. The summed E-state index contributed by atoms with van der Waals surface area (Å²) in [6.45, 7) is 6.01. The second-order valence-corrected chi connectivity index (χ2v) is 7.23. The smallest absolute Gasteiger partial charge is 0.368 e. The number of hydrogen-bond acceptors (Lipinski definition) is 4. The Labute approximate surface area is 108 Å². The summed E-state index contributed by atoms with van der Waals surface area (Å²) in [4.78, 5) is 11.7. The summed E-state index contributed by atoms with van der Waals surface area (Å²) in [5.41, 5.74) is 5.92. The summed E-state index contributed by atoms with van der Waals surface area (Å²) < 4.78 is 5.33. The fraction of sp³-hybridized carbons (Fsp3) is 0.769. The van der Waals surface area contributed by atoms with E-state index in [2.05, 4.69) is 6.08 Å². The Morgan fingerprint density at radius 1 is 1.35 bits per heavy atom. The van der Waals surface area contributed by atoms with E-state index in [1.54, 1.807) is 0 Å². The minimum atomic E-state index is -0.193. The van der Waals surface area contributed by atoms with Crippen LogP contribution in [-0.4, -0.2) is 22.2 Å². The number of ether oxygens (including phenoxy) is 1. The second kappa shape index (κ2) is 6.45. The van der Waals surface area contributed by atoms with E-state index in [0.29, 0.717) is 0 Å². The summed E-state index contributed by atoms with van der Waals surface area (Å²) in [5.74, 6) is 0. The van der Waals surface area contributed by atoms with Gasteiger partial charge in [0, 0.05) is 10.8 Å². The van der Waals surface area contributed by atoms with E-state index in [4.69, 9.17) is 10.5 Å². The van der Waals surface area contributed by atoms with Crippen molar-refractivity contribution < 1.29 is 9.53 Å². The van der Waals surface area contributed by atoms with Gasteiger partial charge in [0.15, 0.2) is 0 Å². The number of carbonyl (C=O) groups excluding carboxylic acids is 1. The maximum atomic E-state index is 11.7. The van der Waals surface area contributed by atoms with Crippen LogP contribution in [0.2, 0.25) is 0 Å². The van der Waals surface area contributed by atoms with Gasteiger partial charge in [-0.15, -0.1) is 0 Å². The fourth-order valence-corrected chi connectivity index (χ4v) is 2.34. The molecule has 1 aliphatic carbocycles. The van der Waals surface area contributed by atoms with Crippen LogP contribution in [0.5, 0.6) is 0 Å². The van der Waals surface area contributed by atoms with E-state index in [9.17, 15) is 4.79 Å². The van der Waals surface area contributed by atoms with Crippen LogP contribution in [0.4, 0.5) is 4.79 Å². The molecule has 0 fully saturated rings. The summed E-state index contributed by atoms with van der Waals surface area (Å²) in [5, 5.41) is -0.193. The Hall–Kier alpha value is -0.480. The molecule has 0 saturated heterocycles. The standard InChI is InChI=1S/C13H23NO2S/c1-13(2,3)17-12(15)16-11-7-5-4-6-10(14)8-9-11/h5,7,10-11H,4,6,8-9,14H2,1-3H3/b7-5+. The summed E-state index contributed by atoms with van der Waals surface area (Å²) >= 11 is 1.24. The van der Waals surface area contributed by atoms with Gasteiger partial charge in [-0.25, -0.2) is 4.79 Å². The molecule has 0 spiro atoms. The summed E-state index contributed by atoms with van der Waals surface area (Å²) in [6.07, 6.45) is 7.70. The maximum absolute atomic E-state index is 11.7. The predicted molar refractivity (Wildman–Crippen MR) is 73.2 cm³/mol. The number of allylic oxidation sites excluding steroid dienone is 1. The lowest BCUT2D eigenvalue weighted by atomic mass is 10.0. The van der Waals surface area contributed by atoms with Crippen LogP contribution in [-0.2, 0) is 4.74 Å². The predicted octanol–water partition coefficient (Wildman–Crippen LogP) is 3.48. The minimum Gasteiger partial charge on any atom is -0.450 e. The molecule has 0 heterocycles. The van der Waals surface area contributed by atoms with Gasteiger partial charge in [-0.2, -0.15) is 0 Å². The molecule has 2 unspecified atom stereocenters. The monoisotopic (exact) mass is 257 g/mol. The van der Waals surface area contributed by atoms with Gasteiger partial charge < -0.3 is 10.5 Å². The van der Waals surface area contributed by atoms with E-state index in [1.807, 2.05) is 26.8 Å². The van der Waals surface area contributed by atoms with Crippen LogP contribution in [0.1, 0.15) is 46.5 Å². The zero-order chi connectivity index (χ0) is 12.9. The normalized spacial score (nSPS) is 28.0. The van der Waals surface area contributed by atoms with Crippen molar-refractivity contribution in [1.82, 2.24) is 0 Å². The molecule has 0 aromatic heterocycles. The third-order valence-corrected chi connectivity index (χ3v) is 3.39. The first-order valence-corrected chi connectivity index (χ1v) is 7.00. The molecule has 1 rings (SSSR count). The largest absolute Gasteiger partial charge is 0.450 e. The third-order valence-electron chi connectivity index (χ3n) is 2.51. The first-order valence-electron chi connectivity index (χ1n) is 6.19. The second-order valence-electron chi connectivity index (χ2n) is 5.46. The molecule has 0 aromatic rings. The van der Waals surface area contributed by atoms with Crippen molar-refractivity contribution in [2.24, 2.45) is 5.73 Å². The number of nitrogens with two attached hydrogens (primary N) is 1. The first-order chi connectivity index (χ1) is 7.87. The van der Waals surface area contributed by atoms with Crippen LogP contribution in [0.3, 0.4) is 0 Å². The Morgan fingerprint density at radius 3 is 2.71 bits per heavy atom. The van der Waals surface area contributed by atoms with Crippen molar-refractivity contribution in [1.29, 1.82) is 0 Å². The van der Waals surface area contributed by atoms with E-state index in [0.717, 1.165) is 25.7 Å². The van der Waals surface area contributed by atoms with Crippen LogP contribution in [0, 0.1) is 0 Å². The van der Waals surface area contributed by atoms with Gasteiger partial charge in [-0.05, 0) is 43.5 Å². The molecule has 1 aliphatic rings. The zero-order valence-corrected chi connectivity index (χ0v) is 11.8. The molecule has 2 N–H and O–H groups in total. The number of hydrogen-bond donors (Lipinski definition) is 1. The number of carbonyl (C=O) groups is 1. The average molecular weight is 257 g/mol. The van der Waals surface area contributed by atoms with Crippen LogP contribution < -0.4 is 5.73 Å². The minimum absolute atomic E-state index is 0.0984. The lowest BCUT2D eigenvalue weighted by Crippen LogP contribution is -2.25. The molecular formula is C13H23NO2S. The van der Waals surface area contributed by atoms with Crippen molar-refractivity contribution in [3.05, 3.63) is 12.2 Å². The van der Waals surface area contributed by atoms with Crippen molar-refractivity contribution in [2.45, 2.75) is 63.3 Å². The highest BCUT2D eigenvalue weighted by Crippen LogP contribution is 2.26. The zero-order valence-electron chi connectivity index (χ0n) is 10.9. The van der Waals surface area contributed by atoms with Crippen molar-refractivity contribution in [3.8, 4) is 0 Å². The van der Waals surface area contributed by atoms with E-state index in [1.165, 1.54) is 11.8 Å². The highest BCUT2D eigenvalue weighted by molar-refractivity contribution is 8.14. The van der Waals surface area contributed by atoms with Crippen LogP contribution >= 0.6 is 11.8 Å². The Morgan fingerprint density at radius 2 is 2.06 bits per heavy atom. The lowest BCUT2D eigenvalue weighted by molar-refractivity contribution is 0.138. The van der Waals surface area contributed by atoms with E-state index >= 15 is 0 Å². The average Bonchev–Trinajstić information content (AvgIpc) is 2.14. The van der Waals surface area contributed by atoms with Gasteiger partial charge in [0.1, 0.15) is 6.10 Å². The molecule has 17 heavy (non-hydrogen) atoms. The molecule has 4 heteroatoms. The maximum Gasteiger partial charge on any atom is 0.368 e. The quantitative estimate of drug-likeness (QED) is 0.577. The van der Waals surface area contributed by atoms with Gasteiger partial charge in [-0.1, -0.05) is 26.8 Å². The molecule has 2 atom stereocenters. The molecule has 3 nitrogen and oxygen atoms in total. The van der Waals surface area contributed by atoms with Crippen molar-refractivity contribution in [3.63, 3.8) is 0 Å². The molecule has 98 valence electrons. The third kappa shape index (κ3) is 6.74. The topological polar surface area (TPSA) is 52.3 Å². The van der Waals surface area contributed by atoms with Crippen molar-refractivity contribution >= 4 is 17.1 Å². The lowest BCUT2D eigenvalue weighted by Gasteiger charge is -2.21. The first kappa shape index (κ1) is 14.6. The SMILES string of the molecule is CC(C)(C)SC(=O)OC1/C=C/CCC(N)CC1. The fourth-order valence-electron chi connectivity index (χ4n) is 1.67. The Bertz CT molecular complexity index is 284. The molecule has 0 radical (unpaired) electrons. The Balaban J connectivity index is 2.44. The number of rotatable bonds is 1. The van der Waals surface area contributed by atoms with Gasteiger partial charge in [0.2, 0.25) is 0 Å². The van der Waals surface area contributed by atoms with Crippen LogP contribution in [0.25, 0.3) is 0 Å². The summed E-state index contributed by atoms with van der Waals surface area (Å²) in [6, 6.07) is 0.233. The van der Waals surface area contributed by atoms with Gasteiger partial charge >= 0.3 is 5.30 Å². The number of thioether (sulfide) groups is 1. The summed E-state index contributed by atoms with van der Waals surface area (Å²) in [7, 11) is 0. The van der Waals surface area contributed by atoms with Gasteiger partial charge in [0.25, 0.3) is 0 Å². The van der Waals surface area contributed by atoms with E-state index < -0.39 is 0 Å². The van der Waals surface area contributed by atoms with Gasteiger partial charge in [-0.3, -0.25) is 0 Å². The van der Waals surface area contributed by atoms with E-state index in [-0.39, 0.29) is 22.2 Å². The van der Waals surface area contributed by atoms with Crippen molar-refractivity contribution in [2.75, 3.05) is 0 Å². The highest BCUT2D eigenvalue weighted by Gasteiger charge is 2.21. The molecule has 0 saturated carbocycles. The van der Waals surface area contributed by atoms with Crippen LogP contribution in [0.15, 0.2) is 12.2 Å². The molecular weight excluding hydrogens is 234 g/mol. The molecule has 0 aromatic carbocycles. The van der Waals surface area contributed by atoms with Gasteiger partial charge in [0.05, 0.1) is 0 Å². The molecule has 0 amide bonds. The molecule has 0 bridgehead atoms. The Kier molecular flexibility index (Phi) is 5.53. The highest BCUT2D eigenvalue weighted by atomic mass is 32.2.